The van der Waals surface area contributed by atoms with Crippen molar-refractivity contribution in [1.82, 2.24) is 9.80 Å². The summed E-state index contributed by atoms with van der Waals surface area (Å²) in [6.07, 6.45) is 35.8. The van der Waals surface area contributed by atoms with Gasteiger partial charge in [0.15, 0.2) is 0 Å². The molecule has 0 saturated heterocycles. The number of rotatable bonds is 36. The Labute approximate surface area is 346 Å². The molecule has 51 heavy (non-hydrogen) atoms. The molecule has 6 nitrogen and oxygen atoms in total. The van der Waals surface area contributed by atoms with Gasteiger partial charge in [-0.25, -0.2) is 0 Å². The van der Waals surface area contributed by atoms with Gasteiger partial charge in [0.05, 0.1) is 11.9 Å². The van der Waals surface area contributed by atoms with Crippen LogP contribution in [-0.4, -0.2) is 96.7 Å². The molecule has 4 unspecified atom stereocenters. The topological polar surface area (TPSA) is 86.7 Å². The number of aliphatic carboxylic acids is 2. The van der Waals surface area contributed by atoms with E-state index < -0.39 is 11.9 Å². The summed E-state index contributed by atoms with van der Waals surface area (Å²) in [4.78, 5) is 26.5. The Hall–Kier alpha value is -0.920. The number of carbonyl (C=O) groups excluding carboxylic acids is 2. The van der Waals surface area contributed by atoms with E-state index in [4.69, 9.17) is 0 Å². The average molecular weight is 741 g/mol. The maximum atomic E-state index is 11.1. The van der Waals surface area contributed by atoms with Crippen molar-refractivity contribution in [2.24, 2.45) is 0 Å². The van der Waals surface area contributed by atoms with E-state index in [-0.39, 0.29) is 50.8 Å². The Bertz CT molecular complexity index is 731. The second kappa shape index (κ2) is 40.3. The molecule has 0 bridgehead atoms. The molecule has 292 valence electrons. The maximum absolute atomic E-state index is 11.1. The molecule has 0 aromatic rings. The third kappa shape index (κ3) is 35.9. The van der Waals surface area contributed by atoms with Gasteiger partial charge in [0.1, 0.15) is 0 Å². The molecule has 0 fully saturated rings. The number of hydrogen-bond acceptors (Lipinski definition) is 6. The van der Waals surface area contributed by atoms with E-state index in [1.807, 2.05) is 24.3 Å². The molecule has 0 N–H and O–H groups in total. The van der Waals surface area contributed by atoms with Crippen LogP contribution >= 0.6 is 0 Å². The van der Waals surface area contributed by atoms with Crippen LogP contribution in [0, 0.1) is 0 Å². The molecule has 0 aliphatic carbocycles. The van der Waals surface area contributed by atoms with Crippen molar-refractivity contribution in [2.45, 2.75) is 206 Å². The quantitative estimate of drug-likeness (QED) is 0.0362. The normalized spacial score (nSPS) is 13.3. The molecule has 0 aliphatic rings. The smallest absolute Gasteiger partial charge is 0.549 e. The van der Waals surface area contributed by atoms with Gasteiger partial charge in [-0.3, -0.25) is 9.80 Å². The van der Waals surface area contributed by atoms with Crippen LogP contribution in [-0.2, 0) is 9.59 Å². The van der Waals surface area contributed by atoms with Crippen LogP contribution in [0.3, 0.4) is 0 Å². The molecule has 0 aliphatic heterocycles. The second-order valence-electron chi connectivity index (χ2n) is 14.6. The fraction of sp³-hybridized carbons (Fsp3) is 0.773. The first-order valence-corrected chi connectivity index (χ1v) is 20.4. The second-order valence-corrected chi connectivity index (χ2v) is 14.6. The van der Waals surface area contributed by atoms with Gasteiger partial charge in [0.25, 0.3) is 0 Å². The van der Waals surface area contributed by atoms with Gasteiger partial charge in [-0.2, -0.15) is 0 Å². The average Bonchev–Trinajstić information content (AvgIpc) is 3.08. The summed E-state index contributed by atoms with van der Waals surface area (Å²) in [6.45, 7) is 23.7. The van der Waals surface area contributed by atoms with Crippen LogP contribution in [0.1, 0.15) is 182 Å². The van der Waals surface area contributed by atoms with Crippen LogP contribution in [0.25, 0.3) is 0 Å². The Morgan fingerprint density at radius 3 is 0.804 bits per heavy atom. The van der Waals surface area contributed by atoms with Crippen molar-refractivity contribution in [3.63, 3.8) is 0 Å². The number of carbonyl (C=O) groups is 2. The third-order valence-corrected chi connectivity index (χ3v) is 10.0. The number of nitrogens with zero attached hydrogens (tertiary/aromatic N) is 2. The summed E-state index contributed by atoms with van der Waals surface area (Å²) >= 11 is 0. The van der Waals surface area contributed by atoms with Crippen LogP contribution in [0.2, 0.25) is 0 Å². The molecule has 0 radical (unpaired) electrons. The predicted molar refractivity (Wildman–Crippen MR) is 219 cm³/mol. The first-order valence-electron chi connectivity index (χ1n) is 20.4. The van der Waals surface area contributed by atoms with Gasteiger partial charge in [-0.1, -0.05) is 101 Å². The molecule has 7 heteroatoms. The zero-order valence-corrected chi connectivity index (χ0v) is 36.3. The van der Waals surface area contributed by atoms with E-state index in [9.17, 15) is 19.8 Å². The molecular weight excluding hydrogens is 661 g/mol. The molecular formula is C44H80CaN2O4. The van der Waals surface area contributed by atoms with Crippen molar-refractivity contribution in [1.29, 1.82) is 0 Å². The number of hydrogen-bond donors (Lipinski definition) is 0. The molecule has 0 rings (SSSR count). The van der Waals surface area contributed by atoms with Gasteiger partial charge in [0.2, 0.25) is 0 Å². The van der Waals surface area contributed by atoms with E-state index in [0.717, 1.165) is 77.0 Å². The van der Waals surface area contributed by atoms with Gasteiger partial charge < -0.3 is 19.8 Å². The van der Waals surface area contributed by atoms with E-state index >= 15 is 0 Å². The third-order valence-electron chi connectivity index (χ3n) is 10.0. The molecule has 0 saturated carbocycles. The molecule has 0 aromatic heterocycles. The number of unbranched alkanes of at least 4 members (excludes halogenated alkanes) is 16. The van der Waals surface area contributed by atoms with Crippen LogP contribution in [0.5, 0.6) is 0 Å². The minimum atomic E-state index is -0.962. The summed E-state index contributed by atoms with van der Waals surface area (Å²) in [6, 6.07) is 1.20. The molecule has 0 spiro atoms. The Balaban J connectivity index is -0.000000886. The SMILES string of the molecule is C=CCCCCCCC(C)N(CC(=O)[O-])C(C)CCCCCCC=C.C=CCCCCCCC(C)N(CC(=O)[O-])C(C)CCCCCCC=C.[Ca+2]. The van der Waals surface area contributed by atoms with Crippen LogP contribution in [0.15, 0.2) is 50.6 Å². The largest absolute Gasteiger partial charge is 2.00 e. The standard InChI is InChI=1S/2C22H41NO2.Ca/c2*1-5-7-9-11-13-15-17-20(3)23(19-22(24)25)21(4)18-16-14-12-10-8-6-2;/h2*5-6,20-21H,1-2,7-19H2,3-4H3,(H,24,25);/q;;+2/p-2. The molecule has 0 heterocycles. The van der Waals surface area contributed by atoms with Gasteiger partial charge in [0, 0.05) is 37.3 Å². The van der Waals surface area contributed by atoms with Crippen molar-refractivity contribution in [3.8, 4) is 0 Å². The van der Waals surface area contributed by atoms with E-state index in [1.54, 1.807) is 0 Å². The van der Waals surface area contributed by atoms with Gasteiger partial charge in [-0.05, 0) is 105 Å². The summed E-state index contributed by atoms with van der Waals surface area (Å²) in [5.74, 6) is -1.92. The zero-order chi connectivity index (χ0) is 37.8. The summed E-state index contributed by atoms with van der Waals surface area (Å²) in [5, 5.41) is 22.3. The van der Waals surface area contributed by atoms with Gasteiger partial charge >= 0.3 is 37.7 Å². The number of allylic oxidation sites excluding steroid dienone is 4. The fourth-order valence-corrected chi connectivity index (χ4v) is 6.78. The minimum absolute atomic E-state index is 0. The summed E-state index contributed by atoms with van der Waals surface area (Å²) < 4.78 is 0. The van der Waals surface area contributed by atoms with E-state index in [2.05, 4.69) is 63.8 Å². The molecule has 0 aromatic carbocycles. The minimum Gasteiger partial charge on any atom is -0.549 e. The predicted octanol–water partition coefficient (Wildman–Crippen LogP) is 9.36. The van der Waals surface area contributed by atoms with E-state index in [1.165, 1.54) is 77.0 Å². The Morgan fingerprint density at radius 1 is 0.431 bits per heavy atom. The van der Waals surface area contributed by atoms with Crippen LogP contribution < -0.4 is 10.2 Å². The van der Waals surface area contributed by atoms with Gasteiger partial charge in [-0.15, -0.1) is 26.3 Å². The number of carboxylic acids is 2. The molecule has 4 atom stereocenters. The summed E-state index contributed by atoms with van der Waals surface area (Å²) in [7, 11) is 0. The monoisotopic (exact) mass is 741 g/mol. The Kier molecular flexibility index (Phi) is 43.0. The first-order chi connectivity index (χ1) is 24.0. The van der Waals surface area contributed by atoms with E-state index in [0.29, 0.717) is 24.2 Å². The number of carboxylic acid groups (broad SMARTS) is 2. The van der Waals surface area contributed by atoms with Crippen molar-refractivity contribution in [3.05, 3.63) is 50.6 Å². The van der Waals surface area contributed by atoms with Crippen molar-refractivity contribution < 1.29 is 19.8 Å². The maximum Gasteiger partial charge on any atom is 2.00 e. The molecule has 0 amide bonds. The van der Waals surface area contributed by atoms with Crippen LogP contribution in [0.4, 0.5) is 0 Å². The zero-order valence-electron chi connectivity index (χ0n) is 34.1. The van der Waals surface area contributed by atoms with Crippen molar-refractivity contribution >= 4 is 49.7 Å². The fourth-order valence-electron chi connectivity index (χ4n) is 6.78. The first kappa shape index (κ1) is 54.4. The summed E-state index contributed by atoms with van der Waals surface area (Å²) in [5.41, 5.74) is 0. The van der Waals surface area contributed by atoms with Crippen molar-refractivity contribution in [2.75, 3.05) is 13.1 Å². The Morgan fingerprint density at radius 2 is 0.627 bits per heavy atom.